The smallest absolute Gasteiger partial charge is 0.0792 e. The van der Waals surface area contributed by atoms with Gasteiger partial charge in [0.2, 0.25) is 0 Å². The van der Waals surface area contributed by atoms with Crippen molar-refractivity contribution >= 4 is 5.69 Å². The Balaban J connectivity index is 2.69. The fourth-order valence-electron chi connectivity index (χ4n) is 1.86. The molecule has 1 unspecified atom stereocenters. The van der Waals surface area contributed by atoms with Crippen LogP contribution in [-0.2, 0) is 4.74 Å². The molecule has 0 aliphatic heterocycles. The summed E-state index contributed by atoms with van der Waals surface area (Å²) in [4.78, 5) is 2.24. The molecule has 3 nitrogen and oxygen atoms in total. The molecule has 96 valence electrons. The zero-order valence-electron chi connectivity index (χ0n) is 11.5. The van der Waals surface area contributed by atoms with Crippen LogP contribution in [0.25, 0.3) is 0 Å². The maximum atomic E-state index is 5.54. The van der Waals surface area contributed by atoms with Crippen molar-refractivity contribution in [1.82, 2.24) is 5.32 Å². The molecule has 0 amide bonds. The normalized spacial score (nSPS) is 13.5. The minimum Gasteiger partial charge on any atom is -0.377 e. The summed E-state index contributed by atoms with van der Waals surface area (Å²) in [5.74, 6) is 0. The highest BCUT2D eigenvalue weighted by Crippen LogP contribution is 2.17. The Morgan fingerprint density at radius 3 is 2.35 bits per heavy atom. The van der Waals surface area contributed by atoms with Crippen LogP contribution < -0.4 is 10.2 Å². The molecular formula is C14H24N2O. The van der Waals surface area contributed by atoms with Gasteiger partial charge in [-0.15, -0.1) is 0 Å². The highest BCUT2D eigenvalue weighted by molar-refractivity contribution is 5.45. The summed E-state index contributed by atoms with van der Waals surface area (Å²) in [6, 6.07) is 10.7. The predicted octanol–water partition coefficient (Wildman–Crippen LogP) is 2.14. The lowest BCUT2D eigenvalue weighted by Gasteiger charge is -2.36. The molecule has 1 atom stereocenters. The Morgan fingerprint density at radius 1 is 1.29 bits per heavy atom. The van der Waals surface area contributed by atoms with Crippen LogP contribution in [0.2, 0.25) is 0 Å². The number of likely N-dealkylation sites (N-methyl/N-ethyl adjacent to an activating group) is 2. The molecule has 0 radical (unpaired) electrons. The summed E-state index contributed by atoms with van der Waals surface area (Å²) in [6.07, 6.45) is 0. The Hall–Kier alpha value is -1.06. The maximum Gasteiger partial charge on any atom is 0.0792 e. The average molecular weight is 236 g/mol. The summed E-state index contributed by atoms with van der Waals surface area (Å²) in [5.41, 5.74) is 1.04. The zero-order valence-corrected chi connectivity index (χ0v) is 11.5. The minimum absolute atomic E-state index is 0.183. The number of hydrogen-bond acceptors (Lipinski definition) is 3. The van der Waals surface area contributed by atoms with Gasteiger partial charge in [-0.25, -0.2) is 0 Å². The molecule has 3 heteroatoms. The van der Waals surface area contributed by atoms with Gasteiger partial charge in [-0.05, 0) is 33.0 Å². The van der Waals surface area contributed by atoms with Gasteiger partial charge in [0.25, 0.3) is 0 Å². The van der Waals surface area contributed by atoms with E-state index in [0.717, 1.165) is 6.54 Å². The predicted molar refractivity (Wildman–Crippen MR) is 73.6 cm³/mol. The Labute approximate surface area is 105 Å². The van der Waals surface area contributed by atoms with Crippen LogP contribution in [0.15, 0.2) is 30.3 Å². The van der Waals surface area contributed by atoms with E-state index in [1.807, 2.05) is 13.1 Å². The summed E-state index contributed by atoms with van der Waals surface area (Å²) in [5, 5.41) is 3.33. The summed E-state index contributed by atoms with van der Waals surface area (Å²) < 4.78 is 5.54. The van der Waals surface area contributed by atoms with E-state index < -0.39 is 0 Å². The second-order valence-electron chi connectivity index (χ2n) is 4.86. The van der Waals surface area contributed by atoms with E-state index in [2.05, 4.69) is 55.4 Å². The molecule has 0 saturated heterocycles. The Bertz CT molecular complexity index is 324. The number of methoxy groups -OCH3 is 1. The molecule has 0 bridgehead atoms. The van der Waals surface area contributed by atoms with Gasteiger partial charge in [-0.2, -0.15) is 0 Å². The van der Waals surface area contributed by atoms with Crippen molar-refractivity contribution in [1.29, 1.82) is 0 Å². The molecule has 0 aromatic heterocycles. The number of para-hydroxylation sites is 1. The highest BCUT2D eigenvalue weighted by Gasteiger charge is 2.28. The van der Waals surface area contributed by atoms with Crippen LogP contribution in [0.5, 0.6) is 0 Å². The number of nitrogens with zero attached hydrogens (tertiary/aromatic N) is 1. The van der Waals surface area contributed by atoms with Gasteiger partial charge in [0.05, 0.1) is 11.6 Å². The molecule has 1 rings (SSSR count). The molecule has 1 aromatic rings. The fraction of sp³-hybridized carbons (Fsp3) is 0.571. The van der Waals surface area contributed by atoms with Crippen molar-refractivity contribution in [3.8, 4) is 0 Å². The molecule has 1 aromatic carbocycles. The number of hydrogen-bond donors (Lipinski definition) is 1. The van der Waals surface area contributed by atoms with Gasteiger partial charge in [0, 0.05) is 26.4 Å². The van der Waals surface area contributed by atoms with Crippen LogP contribution >= 0.6 is 0 Å². The lowest BCUT2D eigenvalue weighted by molar-refractivity contribution is -0.00577. The third kappa shape index (κ3) is 3.72. The van der Waals surface area contributed by atoms with Gasteiger partial charge in [-0.3, -0.25) is 0 Å². The molecule has 17 heavy (non-hydrogen) atoms. The van der Waals surface area contributed by atoms with Crippen LogP contribution in [0.3, 0.4) is 0 Å². The lowest BCUT2D eigenvalue weighted by atomic mass is 9.98. The van der Waals surface area contributed by atoms with Crippen LogP contribution in [-0.4, -0.2) is 39.4 Å². The molecule has 1 N–H and O–H groups in total. The van der Waals surface area contributed by atoms with Gasteiger partial charge in [0.1, 0.15) is 0 Å². The van der Waals surface area contributed by atoms with Gasteiger partial charge >= 0.3 is 0 Å². The van der Waals surface area contributed by atoms with E-state index in [0.29, 0.717) is 0 Å². The summed E-state index contributed by atoms with van der Waals surface area (Å²) >= 11 is 0. The quantitative estimate of drug-likeness (QED) is 0.819. The third-order valence-corrected chi connectivity index (χ3v) is 3.37. The monoisotopic (exact) mass is 236 g/mol. The maximum absolute atomic E-state index is 5.54. The topological polar surface area (TPSA) is 24.5 Å². The van der Waals surface area contributed by atoms with E-state index in [-0.39, 0.29) is 11.6 Å². The molecule has 0 fully saturated rings. The summed E-state index contributed by atoms with van der Waals surface area (Å²) in [7, 11) is 5.84. The number of rotatable bonds is 6. The van der Waals surface area contributed by atoms with Crippen molar-refractivity contribution in [3.63, 3.8) is 0 Å². The van der Waals surface area contributed by atoms with Gasteiger partial charge < -0.3 is 15.0 Å². The second kappa shape index (κ2) is 6.03. The van der Waals surface area contributed by atoms with E-state index in [1.165, 1.54) is 5.69 Å². The van der Waals surface area contributed by atoms with Crippen molar-refractivity contribution in [2.24, 2.45) is 0 Å². The standard InChI is InChI=1S/C14H24N2O/c1-14(2,17-5)13(15-3)11-16(4)12-9-7-6-8-10-12/h6-10,13,15H,11H2,1-5H3. The third-order valence-electron chi connectivity index (χ3n) is 3.37. The van der Waals surface area contributed by atoms with Gasteiger partial charge in [0.15, 0.2) is 0 Å². The molecule has 0 aliphatic rings. The van der Waals surface area contributed by atoms with E-state index in [9.17, 15) is 0 Å². The lowest BCUT2D eigenvalue weighted by Crippen LogP contribution is -2.52. The van der Waals surface area contributed by atoms with Crippen molar-refractivity contribution in [2.75, 3.05) is 32.6 Å². The molecule has 0 spiro atoms. The van der Waals surface area contributed by atoms with Crippen molar-refractivity contribution in [2.45, 2.75) is 25.5 Å². The number of ether oxygens (including phenoxy) is 1. The first kappa shape index (κ1) is 14.0. The number of anilines is 1. The SMILES string of the molecule is CNC(CN(C)c1ccccc1)C(C)(C)OC. The fourth-order valence-corrected chi connectivity index (χ4v) is 1.86. The van der Waals surface area contributed by atoms with Crippen LogP contribution in [0.4, 0.5) is 5.69 Å². The summed E-state index contributed by atoms with van der Waals surface area (Å²) in [6.45, 7) is 5.11. The first-order valence-corrected chi connectivity index (χ1v) is 6.00. The molecule has 0 aliphatic carbocycles. The first-order chi connectivity index (χ1) is 8.01. The second-order valence-corrected chi connectivity index (χ2v) is 4.86. The van der Waals surface area contributed by atoms with E-state index in [1.54, 1.807) is 7.11 Å². The molecule has 0 saturated carbocycles. The largest absolute Gasteiger partial charge is 0.377 e. The van der Waals surface area contributed by atoms with Crippen molar-refractivity contribution < 1.29 is 4.74 Å². The Kier molecular flexibility index (Phi) is 4.97. The molecule has 0 heterocycles. The Morgan fingerprint density at radius 2 is 1.88 bits per heavy atom. The zero-order chi connectivity index (χ0) is 12.9. The first-order valence-electron chi connectivity index (χ1n) is 6.00. The number of benzene rings is 1. The van der Waals surface area contributed by atoms with E-state index in [4.69, 9.17) is 4.74 Å². The average Bonchev–Trinajstić information content (AvgIpc) is 2.36. The van der Waals surface area contributed by atoms with E-state index >= 15 is 0 Å². The highest BCUT2D eigenvalue weighted by atomic mass is 16.5. The van der Waals surface area contributed by atoms with Crippen molar-refractivity contribution in [3.05, 3.63) is 30.3 Å². The number of nitrogens with one attached hydrogen (secondary N) is 1. The van der Waals surface area contributed by atoms with Crippen LogP contribution in [0, 0.1) is 0 Å². The minimum atomic E-state index is -0.183. The molecular weight excluding hydrogens is 212 g/mol. The van der Waals surface area contributed by atoms with Gasteiger partial charge in [-0.1, -0.05) is 18.2 Å². The van der Waals surface area contributed by atoms with Crippen LogP contribution in [0.1, 0.15) is 13.8 Å².